The molecule has 3 heterocycles. The molecule has 0 atom stereocenters. The third-order valence-corrected chi connectivity index (χ3v) is 6.12. The predicted molar refractivity (Wildman–Crippen MR) is 89.7 cm³/mol. The summed E-state index contributed by atoms with van der Waals surface area (Å²) in [4.78, 5) is 13.3. The molecule has 2 aromatic rings. The average molecular weight is 354 g/mol. The molecule has 7 nitrogen and oxygen atoms in total. The van der Waals surface area contributed by atoms with Crippen molar-refractivity contribution >= 4 is 33.1 Å². The molecule has 2 aromatic heterocycles. The summed E-state index contributed by atoms with van der Waals surface area (Å²) in [7, 11) is -3.17. The van der Waals surface area contributed by atoms with Gasteiger partial charge in [0.15, 0.2) is 5.82 Å². The maximum atomic E-state index is 12.3. The van der Waals surface area contributed by atoms with Crippen LogP contribution in [0.2, 0.25) is 0 Å². The Morgan fingerprint density at radius 2 is 2.17 bits per heavy atom. The third kappa shape index (κ3) is 3.80. The molecule has 1 aliphatic rings. The van der Waals surface area contributed by atoms with Crippen molar-refractivity contribution in [2.45, 2.75) is 12.8 Å². The number of anilines is 1. The van der Waals surface area contributed by atoms with Crippen LogP contribution >= 0.6 is 11.3 Å². The first-order chi connectivity index (χ1) is 10.9. The van der Waals surface area contributed by atoms with E-state index >= 15 is 0 Å². The van der Waals surface area contributed by atoms with E-state index in [2.05, 4.69) is 15.5 Å². The summed E-state index contributed by atoms with van der Waals surface area (Å²) in [5.41, 5.74) is 0.863. The third-order valence-electron chi connectivity index (χ3n) is 3.91. The Bertz CT molecular complexity index is 775. The Balaban J connectivity index is 1.58. The molecule has 0 radical (unpaired) electrons. The number of nitrogens with one attached hydrogen (secondary N) is 2. The molecule has 1 fully saturated rings. The first-order valence-corrected chi connectivity index (χ1v) is 10.0. The van der Waals surface area contributed by atoms with E-state index in [0.717, 1.165) is 10.6 Å². The van der Waals surface area contributed by atoms with Crippen molar-refractivity contribution in [1.29, 1.82) is 0 Å². The number of amides is 1. The number of aromatic nitrogens is 2. The van der Waals surface area contributed by atoms with Crippen molar-refractivity contribution in [3.05, 3.63) is 23.6 Å². The molecule has 0 unspecified atom stereocenters. The van der Waals surface area contributed by atoms with E-state index in [1.165, 1.54) is 10.6 Å². The monoisotopic (exact) mass is 354 g/mol. The molecule has 0 saturated carbocycles. The largest absolute Gasteiger partial charge is 0.309 e. The van der Waals surface area contributed by atoms with E-state index in [4.69, 9.17) is 0 Å². The quantitative estimate of drug-likeness (QED) is 0.874. The van der Waals surface area contributed by atoms with Gasteiger partial charge in [-0.25, -0.2) is 12.7 Å². The second kappa shape index (κ2) is 6.42. The van der Waals surface area contributed by atoms with Gasteiger partial charge in [-0.1, -0.05) is 6.07 Å². The van der Waals surface area contributed by atoms with Crippen LogP contribution in [0.3, 0.4) is 0 Å². The van der Waals surface area contributed by atoms with E-state index in [-0.39, 0.29) is 11.8 Å². The van der Waals surface area contributed by atoms with E-state index < -0.39 is 10.0 Å². The number of thiophene rings is 1. The average Bonchev–Trinajstić information content (AvgIpc) is 3.17. The van der Waals surface area contributed by atoms with Crippen LogP contribution in [0.1, 0.15) is 12.8 Å². The number of hydrogen-bond donors (Lipinski definition) is 2. The van der Waals surface area contributed by atoms with Crippen molar-refractivity contribution in [2.75, 3.05) is 24.7 Å². The number of rotatable bonds is 4. The molecule has 0 aromatic carbocycles. The maximum Gasteiger partial charge on any atom is 0.228 e. The first kappa shape index (κ1) is 16.2. The number of piperidine rings is 1. The Hall–Kier alpha value is -1.71. The number of aromatic amines is 1. The van der Waals surface area contributed by atoms with Crippen LogP contribution in [0.4, 0.5) is 5.82 Å². The van der Waals surface area contributed by atoms with Gasteiger partial charge in [0.25, 0.3) is 0 Å². The van der Waals surface area contributed by atoms with Gasteiger partial charge in [-0.3, -0.25) is 9.89 Å². The lowest BCUT2D eigenvalue weighted by atomic mass is 9.97. The molecule has 23 heavy (non-hydrogen) atoms. The molecule has 2 N–H and O–H groups in total. The summed E-state index contributed by atoms with van der Waals surface area (Å²) < 4.78 is 24.4. The van der Waals surface area contributed by atoms with Crippen molar-refractivity contribution < 1.29 is 13.2 Å². The minimum atomic E-state index is -3.17. The van der Waals surface area contributed by atoms with Crippen LogP contribution in [-0.4, -0.2) is 48.2 Å². The summed E-state index contributed by atoms with van der Waals surface area (Å²) >= 11 is 1.59. The highest BCUT2D eigenvalue weighted by Crippen LogP contribution is 2.25. The van der Waals surface area contributed by atoms with Crippen molar-refractivity contribution in [3.63, 3.8) is 0 Å². The maximum absolute atomic E-state index is 12.3. The molecule has 1 saturated heterocycles. The molecule has 1 amide bonds. The number of sulfonamides is 1. The highest BCUT2D eigenvalue weighted by molar-refractivity contribution is 7.88. The van der Waals surface area contributed by atoms with Gasteiger partial charge < -0.3 is 5.32 Å². The molecule has 1 aliphatic heterocycles. The SMILES string of the molecule is CS(=O)(=O)N1CCC(C(=O)Nc2cc(-c3cccs3)[nH]n2)CC1. The number of hydrogen-bond acceptors (Lipinski definition) is 5. The van der Waals surface area contributed by atoms with Gasteiger partial charge >= 0.3 is 0 Å². The number of nitrogens with zero attached hydrogens (tertiary/aromatic N) is 2. The topological polar surface area (TPSA) is 95.2 Å². The standard InChI is InChI=1S/C14H18N4O3S2/c1-23(20,21)18-6-4-10(5-7-18)14(19)15-13-9-11(16-17-13)12-3-2-8-22-12/h2-3,8-10H,4-7H2,1H3,(H2,15,16,17,19). The summed E-state index contributed by atoms with van der Waals surface area (Å²) in [5.74, 6) is 0.196. The minimum absolute atomic E-state index is 0.109. The molecule has 0 aliphatic carbocycles. The number of carbonyl (C=O) groups excluding carboxylic acids is 1. The minimum Gasteiger partial charge on any atom is -0.309 e. The molecule has 0 bridgehead atoms. The van der Waals surface area contributed by atoms with Crippen LogP contribution in [-0.2, 0) is 14.8 Å². The van der Waals surface area contributed by atoms with E-state index in [1.54, 1.807) is 17.4 Å². The second-order valence-electron chi connectivity index (χ2n) is 5.57. The first-order valence-electron chi connectivity index (χ1n) is 7.29. The Morgan fingerprint density at radius 3 is 2.78 bits per heavy atom. The fraction of sp³-hybridized carbons (Fsp3) is 0.429. The number of carbonyl (C=O) groups is 1. The zero-order chi connectivity index (χ0) is 16.4. The zero-order valence-electron chi connectivity index (χ0n) is 12.7. The Morgan fingerprint density at radius 1 is 1.43 bits per heavy atom. The zero-order valence-corrected chi connectivity index (χ0v) is 14.3. The summed E-state index contributed by atoms with van der Waals surface area (Å²) in [6.07, 6.45) is 2.26. The van der Waals surface area contributed by atoms with Gasteiger partial charge in [-0.2, -0.15) is 5.10 Å². The van der Waals surface area contributed by atoms with E-state index in [1.807, 2.05) is 17.5 Å². The van der Waals surface area contributed by atoms with Crippen LogP contribution in [0.25, 0.3) is 10.6 Å². The predicted octanol–water partition coefficient (Wildman–Crippen LogP) is 1.75. The number of H-pyrrole nitrogens is 1. The fourth-order valence-corrected chi connectivity index (χ4v) is 4.19. The summed E-state index contributed by atoms with van der Waals surface area (Å²) in [5, 5.41) is 11.8. The molecule has 3 rings (SSSR count). The summed E-state index contributed by atoms with van der Waals surface area (Å²) in [6.45, 7) is 0.774. The highest BCUT2D eigenvalue weighted by Gasteiger charge is 2.29. The Labute approximate surface area is 138 Å². The molecule has 9 heteroatoms. The smallest absolute Gasteiger partial charge is 0.228 e. The van der Waals surface area contributed by atoms with E-state index in [0.29, 0.717) is 31.7 Å². The van der Waals surface area contributed by atoms with Gasteiger partial charge in [0.1, 0.15) is 0 Å². The van der Waals surface area contributed by atoms with Gasteiger partial charge in [-0.15, -0.1) is 11.3 Å². The van der Waals surface area contributed by atoms with Crippen LogP contribution in [0.5, 0.6) is 0 Å². The van der Waals surface area contributed by atoms with E-state index in [9.17, 15) is 13.2 Å². The molecular weight excluding hydrogens is 336 g/mol. The Kier molecular flexibility index (Phi) is 4.51. The van der Waals surface area contributed by atoms with Crippen LogP contribution in [0, 0.1) is 5.92 Å². The van der Waals surface area contributed by atoms with Crippen LogP contribution in [0.15, 0.2) is 23.6 Å². The lowest BCUT2D eigenvalue weighted by molar-refractivity contribution is -0.120. The molecular formula is C14H18N4O3S2. The van der Waals surface area contributed by atoms with Gasteiger partial charge in [-0.05, 0) is 24.3 Å². The van der Waals surface area contributed by atoms with Gasteiger partial charge in [0.05, 0.1) is 16.8 Å². The van der Waals surface area contributed by atoms with Gasteiger partial charge in [0, 0.05) is 25.1 Å². The molecule has 0 spiro atoms. The summed E-state index contributed by atoms with van der Waals surface area (Å²) in [6, 6.07) is 5.73. The lowest BCUT2D eigenvalue weighted by Gasteiger charge is -2.29. The molecule has 124 valence electrons. The van der Waals surface area contributed by atoms with Gasteiger partial charge in [0.2, 0.25) is 15.9 Å². The van der Waals surface area contributed by atoms with Crippen molar-refractivity contribution in [3.8, 4) is 10.6 Å². The van der Waals surface area contributed by atoms with Crippen LogP contribution < -0.4 is 5.32 Å². The van der Waals surface area contributed by atoms with Crippen molar-refractivity contribution in [1.82, 2.24) is 14.5 Å². The normalized spacial score (nSPS) is 17.3. The lowest BCUT2D eigenvalue weighted by Crippen LogP contribution is -2.40. The van der Waals surface area contributed by atoms with Crippen molar-refractivity contribution in [2.24, 2.45) is 5.92 Å². The highest BCUT2D eigenvalue weighted by atomic mass is 32.2. The fourth-order valence-electron chi connectivity index (χ4n) is 2.62. The second-order valence-corrected chi connectivity index (χ2v) is 8.50.